The number of hydrogen-bond donors (Lipinski definition) is 1. The van der Waals surface area contributed by atoms with E-state index in [1.165, 1.54) is 24.0 Å². The summed E-state index contributed by atoms with van der Waals surface area (Å²) in [5.41, 5.74) is 2.81. The molecular weight excluding hydrogens is 248 g/mol. The first-order valence-corrected chi connectivity index (χ1v) is 8.01. The Bertz CT molecular complexity index is 413. The van der Waals surface area contributed by atoms with Crippen molar-refractivity contribution in [1.82, 2.24) is 10.2 Å². The van der Waals surface area contributed by atoms with E-state index in [1.54, 1.807) is 0 Å². The highest BCUT2D eigenvalue weighted by Gasteiger charge is 2.27. The molecule has 20 heavy (non-hydrogen) atoms. The number of hydrogen-bond acceptors (Lipinski definition) is 3. The van der Waals surface area contributed by atoms with Crippen molar-refractivity contribution in [2.24, 2.45) is 0 Å². The first-order valence-electron chi connectivity index (χ1n) is 8.01. The first-order chi connectivity index (χ1) is 9.81. The number of nitrogens with one attached hydrogen (secondary N) is 1. The van der Waals surface area contributed by atoms with Crippen LogP contribution in [0.5, 0.6) is 5.75 Å². The van der Waals surface area contributed by atoms with Crippen LogP contribution in [0.3, 0.4) is 0 Å². The summed E-state index contributed by atoms with van der Waals surface area (Å²) in [5, 5.41) is 3.56. The molecule has 0 radical (unpaired) electrons. The molecule has 1 atom stereocenters. The number of nitrogens with zero attached hydrogens (tertiary/aromatic N) is 1. The molecular formula is C17H28N2O. The Balaban J connectivity index is 2.33. The largest absolute Gasteiger partial charge is 0.494 e. The lowest BCUT2D eigenvalue weighted by Gasteiger charge is -2.37. The third-order valence-corrected chi connectivity index (χ3v) is 3.91. The van der Waals surface area contributed by atoms with Crippen molar-refractivity contribution >= 4 is 0 Å². The Morgan fingerprint density at radius 1 is 1.20 bits per heavy atom. The van der Waals surface area contributed by atoms with Gasteiger partial charge in [0.2, 0.25) is 0 Å². The minimum atomic E-state index is 0.446. The van der Waals surface area contributed by atoms with Crippen molar-refractivity contribution in [3.8, 4) is 5.75 Å². The lowest BCUT2D eigenvalue weighted by atomic mass is 9.94. The van der Waals surface area contributed by atoms with Gasteiger partial charge in [-0.2, -0.15) is 0 Å². The maximum atomic E-state index is 5.89. The highest BCUT2D eigenvalue weighted by molar-refractivity contribution is 5.44. The van der Waals surface area contributed by atoms with E-state index in [1.807, 2.05) is 0 Å². The van der Waals surface area contributed by atoms with Gasteiger partial charge in [-0.1, -0.05) is 26.0 Å². The zero-order valence-electron chi connectivity index (χ0n) is 13.1. The van der Waals surface area contributed by atoms with Gasteiger partial charge in [-0.15, -0.1) is 0 Å². The molecule has 1 N–H and O–H groups in total. The zero-order chi connectivity index (χ0) is 14.4. The standard InChI is InChI=1S/C17H28N2O/c1-4-10-19(11-5-2)15-13-18-12-14-8-7-9-16(17(14)15)20-6-3/h7-9,15,18H,4-6,10-13H2,1-3H3/t15-/m0/s1. The van der Waals surface area contributed by atoms with Crippen LogP contribution in [0.1, 0.15) is 50.8 Å². The summed E-state index contributed by atoms with van der Waals surface area (Å²) < 4.78 is 5.89. The topological polar surface area (TPSA) is 24.5 Å². The molecule has 1 aromatic carbocycles. The Labute approximate surface area is 123 Å². The normalized spacial score (nSPS) is 18.1. The minimum Gasteiger partial charge on any atom is -0.494 e. The van der Waals surface area contributed by atoms with Crippen LogP contribution in [0.4, 0.5) is 0 Å². The van der Waals surface area contributed by atoms with Crippen molar-refractivity contribution in [1.29, 1.82) is 0 Å². The number of rotatable bonds is 7. The molecule has 0 saturated carbocycles. The Morgan fingerprint density at radius 2 is 1.95 bits per heavy atom. The summed E-state index contributed by atoms with van der Waals surface area (Å²) in [6.45, 7) is 11.6. The molecule has 0 saturated heterocycles. The van der Waals surface area contributed by atoms with Crippen molar-refractivity contribution in [3.05, 3.63) is 29.3 Å². The van der Waals surface area contributed by atoms with Gasteiger partial charge in [0.25, 0.3) is 0 Å². The summed E-state index contributed by atoms with van der Waals surface area (Å²) in [6.07, 6.45) is 2.39. The fourth-order valence-electron chi connectivity index (χ4n) is 3.16. The molecule has 1 heterocycles. The summed E-state index contributed by atoms with van der Waals surface area (Å²) in [6, 6.07) is 6.91. The molecule has 1 aromatic rings. The van der Waals surface area contributed by atoms with Crippen LogP contribution in [-0.4, -0.2) is 31.1 Å². The number of ether oxygens (including phenoxy) is 1. The van der Waals surface area contributed by atoms with Crippen LogP contribution in [0.2, 0.25) is 0 Å². The molecule has 2 rings (SSSR count). The fraction of sp³-hybridized carbons (Fsp3) is 0.647. The minimum absolute atomic E-state index is 0.446. The quantitative estimate of drug-likeness (QED) is 0.826. The summed E-state index contributed by atoms with van der Waals surface area (Å²) >= 11 is 0. The molecule has 0 aliphatic carbocycles. The van der Waals surface area contributed by atoms with Gasteiger partial charge in [-0.05, 0) is 44.5 Å². The smallest absolute Gasteiger partial charge is 0.124 e. The monoisotopic (exact) mass is 276 g/mol. The van der Waals surface area contributed by atoms with E-state index in [-0.39, 0.29) is 0 Å². The van der Waals surface area contributed by atoms with Gasteiger partial charge >= 0.3 is 0 Å². The SMILES string of the molecule is CCCN(CCC)[C@H]1CNCc2cccc(OCC)c21. The Morgan fingerprint density at radius 3 is 2.60 bits per heavy atom. The van der Waals surface area contributed by atoms with E-state index in [0.29, 0.717) is 6.04 Å². The maximum absolute atomic E-state index is 5.89. The fourth-order valence-corrected chi connectivity index (χ4v) is 3.16. The number of fused-ring (bicyclic) bond motifs is 1. The second kappa shape index (κ2) is 7.65. The predicted octanol–water partition coefficient (Wildman–Crippen LogP) is 3.35. The molecule has 112 valence electrons. The van der Waals surface area contributed by atoms with Crippen LogP contribution < -0.4 is 10.1 Å². The number of benzene rings is 1. The van der Waals surface area contributed by atoms with E-state index in [0.717, 1.165) is 38.5 Å². The van der Waals surface area contributed by atoms with Crippen molar-refractivity contribution in [3.63, 3.8) is 0 Å². The van der Waals surface area contributed by atoms with Crippen LogP contribution in [-0.2, 0) is 6.54 Å². The van der Waals surface area contributed by atoms with Crippen molar-refractivity contribution in [2.75, 3.05) is 26.2 Å². The summed E-state index contributed by atoms with van der Waals surface area (Å²) in [7, 11) is 0. The maximum Gasteiger partial charge on any atom is 0.124 e. The molecule has 0 bridgehead atoms. The molecule has 3 nitrogen and oxygen atoms in total. The van der Waals surface area contributed by atoms with E-state index < -0.39 is 0 Å². The van der Waals surface area contributed by atoms with Gasteiger partial charge < -0.3 is 10.1 Å². The van der Waals surface area contributed by atoms with Crippen molar-refractivity contribution < 1.29 is 4.74 Å². The summed E-state index contributed by atoms with van der Waals surface area (Å²) in [4.78, 5) is 2.60. The second-order valence-corrected chi connectivity index (χ2v) is 5.44. The van der Waals surface area contributed by atoms with Gasteiger partial charge in [0.05, 0.1) is 12.6 Å². The molecule has 1 aliphatic heterocycles. The van der Waals surface area contributed by atoms with Crippen LogP contribution in [0, 0.1) is 0 Å². The molecule has 0 spiro atoms. The first kappa shape index (κ1) is 15.3. The highest BCUT2D eigenvalue weighted by Crippen LogP contribution is 2.35. The lowest BCUT2D eigenvalue weighted by molar-refractivity contribution is 0.180. The van der Waals surface area contributed by atoms with Crippen molar-refractivity contribution in [2.45, 2.75) is 46.2 Å². The second-order valence-electron chi connectivity index (χ2n) is 5.44. The van der Waals surface area contributed by atoms with Gasteiger partial charge in [0.15, 0.2) is 0 Å². The molecule has 3 heteroatoms. The average Bonchev–Trinajstić information content (AvgIpc) is 2.47. The van der Waals surface area contributed by atoms with Crippen LogP contribution in [0.25, 0.3) is 0 Å². The van der Waals surface area contributed by atoms with E-state index >= 15 is 0 Å². The zero-order valence-corrected chi connectivity index (χ0v) is 13.1. The van der Waals surface area contributed by atoms with Crippen LogP contribution in [0.15, 0.2) is 18.2 Å². The Kier molecular flexibility index (Phi) is 5.86. The van der Waals surface area contributed by atoms with Gasteiger partial charge in [0.1, 0.15) is 5.75 Å². The van der Waals surface area contributed by atoms with E-state index in [9.17, 15) is 0 Å². The highest BCUT2D eigenvalue weighted by atomic mass is 16.5. The van der Waals surface area contributed by atoms with E-state index in [2.05, 4.69) is 49.2 Å². The van der Waals surface area contributed by atoms with Gasteiger partial charge in [-0.25, -0.2) is 0 Å². The third-order valence-electron chi connectivity index (χ3n) is 3.91. The van der Waals surface area contributed by atoms with E-state index in [4.69, 9.17) is 4.74 Å². The Hall–Kier alpha value is -1.06. The lowest BCUT2D eigenvalue weighted by Crippen LogP contribution is -2.40. The molecule has 0 aromatic heterocycles. The van der Waals surface area contributed by atoms with Gasteiger partial charge in [0, 0.05) is 18.7 Å². The molecule has 0 unspecified atom stereocenters. The summed E-state index contributed by atoms with van der Waals surface area (Å²) in [5.74, 6) is 1.08. The van der Waals surface area contributed by atoms with Gasteiger partial charge in [-0.3, -0.25) is 4.90 Å². The predicted molar refractivity (Wildman–Crippen MR) is 84.2 cm³/mol. The molecule has 0 amide bonds. The third kappa shape index (κ3) is 3.33. The van der Waals surface area contributed by atoms with Crippen LogP contribution >= 0.6 is 0 Å². The molecule has 0 fully saturated rings. The average molecular weight is 276 g/mol. The molecule has 1 aliphatic rings.